The summed E-state index contributed by atoms with van der Waals surface area (Å²) in [4.78, 5) is 14.3. The first kappa shape index (κ1) is 23.1. The minimum absolute atomic E-state index is 0.0179. The number of benzene rings is 1. The number of hydrogen-bond donors (Lipinski definition) is 2. The van der Waals surface area contributed by atoms with E-state index in [-0.39, 0.29) is 5.78 Å². The van der Waals surface area contributed by atoms with Crippen molar-refractivity contribution in [3.8, 4) is 0 Å². The second kappa shape index (κ2) is 13.5. The summed E-state index contributed by atoms with van der Waals surface area (Å²) in [6.07, 6.45) is 2.49. The normalized spacial score (nSPS) is 10.2. The molecule has 3 nitrogen and oxygen atoms in total. The third kappa shape index (κ3) is 7.23. The summed E-state index contributed by atoms with van der Waals surface area (Å²) in [6.45, 7) is 13.5. The van der Waals surface area contributed by atoms with Gasteiger partial charge in [0.15, 0.2) is 0 Å². The molecule has 1 atom stereocenters. The van der Waals surface area contributed by atoms with Crippen molar-refractivity contribution in [3.05, 3.63) is 34.4 Å². The number of H-pyrrole nitrogens is 1. The van der Waals surface area contributed by atoms with Gasteiger partial charge in [0.05, 0.1) is 6.04 Å². The average Bonchev–Trinajstić information content (AvgIpc) is 2.95. The zero-order valence-corrected chi connectivity index (χ0v) is 16.5. The van der Waals surface area contributed by atoms with Crippen LogP contribution >= 0.6 is 15.9 Å². The van der Waals surface area contributed by atoms with Crippen LogP contribution in [0.3, 0.4) is 0 Å². The van der Waals surface area contributed by atoms with Crippen molar-refractivity contribution in [2.24, 2.45) is 5.73 Å². The van der Waals surface area contributed by atoms with E-state index in [0.29, 0.717) is 6.42 Å². The van der Waals surface area contributed by atoms with E-state index in [9.17, 15) is 4.79 Å². The van der Waals surface area contributed by atoms with Crippen LogP contribution in [0.1, 0.15) is 54.0 Å². The topological polar surface area (TPSA) is 58.9 Å². The Hall–Kier alpha value is -1.13. The minimum Gasteiger partial charge on any atom is -0.361 e. The van der Waals surface area contributed by atoms with Crippen molar-refractivity contribution < 1.29 is 4.79 Å². The molecule has 1 aromatic carbocycles. The molecule has 3 N–H and O–H groups in total. The highest BCUT2D eigenvalue weighted by atomic mass is 79.9. The highest BCUT2D eigenvalue weighted by Crippen LogP contribution is 2.23. The van der Waals surface area contributed by atoms with Gasteiger partial charge in [0.2, 0.25) is 0 Å². The molecule has 1 aromatic heterocycles. The molecule has 0 radical (unpaired) electrons. The van der Waals surface area contributed by atoms with Crippen LogP contribution in [0.25, 0.3) is 10.9 Å². The third-order valence-corrected chi connectivity index (χ3v) is 3.18. The molecule has 0 bridgehead atoms. The van der Waals surface area contributed by atoms with Gasteiger partial charge >= 0.3 is 0 Å². The van der Waals surface area contributed by atoms with Crippen LogP contribution in [0.15, 0.2) is 28.9 Å². The Bertz CT molecular complexity index is 535. The molecule has 1 unspecified atom stereocenters. The van der Waals surface area contributed by atoms with Gasteiger partial charge < -0.3 is 10.7 Å². The fourth-order valence-electron chi connectivity index (χ4n) is 1.70. The molecular formula is C18H31BrN2O. The van der Waals surface area contributed by atoms with Gasteiger partial charge in [-0.2, -0.15) is 0 Å². The summed E-state index contributed by atoms with van der Waals surface area (Å²) in [5.41, 5.74) is 7.91. The first-order valence-corrected chi connectivity index (χ1v) is 8.89. The molecule has 1 heterocycles. The van der Waals surface area contributed by atoms with Crippen LogP contribution in [0.5, 0.6) is 0 Å². The van der Waals surface area contributed by atoms with Gasteiger partial charge in [-0.3, -0.25) is 4.79 Å². The van der Waals surface area contributed by atoms with Crippen molar-refractivity contribution >= 4 is 32.6 Å². The van der Waals surface area contributed by atoms with Gasteiger partial charge in [-0.25, -0.2) is 0 Å². The number of ketones is 1. The zero-order chi connectivity index (χ0) is 17.7. The number of hydrogen-bond acceptors (Lipinski definition) is 2. The molecule has 2 rings (SSSR count). The Balaban J connectivity index is 0. The van der Waals surface area contributed by atoms with Gasteiger partial charge in [0, 0.05) is 21.6 Å². The van der Waals surface area contributed by atoms with E-state index >= 15 is 0 Å². The lowest BCUT2D eigenvalue weighted by Crippen LogP contribution is -2.30. The number of aromatic amines is 1. The number of rotatable bonds is 3. The summed E-state index contributed by atoms with van der Waals surface area (Å²) in [5.74, 6) is 0.0179. The largest absolute Gasteiger partial charge is 0.361 e. The summed E-state index contributed by atoms with van der Waals surface area (Å²) in [7, 11) is 0. The Morgan fingerprint density at radius 3 is 2.23 bits per heavy atom. The zero-order valence-electron chi connectivity index (χ0n) is 15.0. The van der Waals surface area contributed by atoms with E-state index < -0.39 is 6.04 Å². The second-order valence-corrected chi connectivity index (χ2v) is 4.84. The minimum atomic E-state index is -0.419. The molecule has 0 saturated heterocycles. The summed E-state index contributed by atoms with van der Waals surface area (Å²) in [5, 5.41) is 1.12. The molecule has 22 heavy (non-hydrogen) atoms. The summed E-state index contributed by atoms with van der Waals surface area (Å²) >= 11 is 3.43. The standard InChI is InChI=1S/C12H13BrN2O.3C2H6/c1-7(16)11(14)4-8-6-15-12-3-2-9(13)5-10(8)12;3*1-2/h2-3,5-6,11,15H,4,14H2,1H3;3*1-2H3. The monoisotopic (exact) mass is 370 g/mol. The quantitative estimate of drug-likeness (QED) is 0.752. The first-order chi connectivity index (χ1) is 10.6. The van der Waals surface area contributed by atoms with Crippen LogP contribution in [0.4, 0.5) is 0 Å². The number of fused-ring (bicyclic) bond motifs is 1. The van der Waals surface area contributed by atoms with Crippen LogP contribution in [0.2, 0.25) is 0 Å². The van der Waals surface area contributed by atoms with Crippen LogP contribution < -0.4 is 5.73 Å². The molecular weight excluding hydrogens is 340 g/mol. The van der Waals surface area contributed by atoms with E-state index in [2.05, 4.69) is 20.9 Å². The molecule has 0 aliphatic rings. The number of aromatic nitrogens is 1. The fraction of sp³-hybridized carbons (Fsp3) is 0.500. The van der Waals surface area contributed by atoms with E-state index in [0.717, 1.165) is 20.9 Å². The summed E-state index contributed by atoms with van der Waals surface area (Å²) < 4.78 is 1.03. The molecule has 0 aliphatic carbocycles. The SMILES string of the molecule is CC.CC.CC.CC(=O)C(N)Cc1c[nH]c2ccc(Br)cc12. The average molecular weight is 371 g/mol. The van der Waals surface area contributed by atoms with E-state index in [1.165, 1.54) is 6.92 Å². The Morgan fingerprint density at radius 2 is 1.73 bits per heavy atom. The number of carbonyl (C=O) groups is 1. The molecule has 4 heteroatoms. The molecule has 126 valence electrons. The van der Waals surface area contributed by atoms with Gasteiger partial charge in [-0.1, -0.05) is 57.5 Å². The van der Waals surface area contributed by atoms with E-state index in [4.69, 9.17) is 5.73 Å². The molecule has 0 fully saturated rings. The molecule has 0 aliphatic heterocycles. The van der Waals surface area contributed by atoms with Crippen LogP contribution in [0, 0.1) is 0 Å². The van der Waals surface area contributed by atoms with Gasteiger partial charge in [0.1, 0.15) is 5.78 Å². The molecule has 0 amide bonds. The van der Waals surface area contributed by atoms with Gasteiger partial charge in [0.25, 0.3) is 0 Å². The number of Topliss-reactive ketones (excluding diaryl/α,β-unsaturated/α-hetero) is 1. The fourth-order valence-corrected chi connectivity index (χ4v) is 2.06. The van der Waals surface area contributed by atoms with E-state index in [1.807, 2.05) is 65.9 Å². The maximum absolute atomic E-state index is 11.1. The maximum atomic E-state index is 11.1. The van der Waals surface area contributed by atoms with E-state index in [1.54, 1.807) is 0 Å². The first-order valence-electron chi connectivity index (χ1n) is 8.09. The number of nitrogens with two attached hydrogens (primary N) is 1. The lowest BCUT2D eigenvalue weighted by atomic mass is 10.0. The van der Waals surface area contributed by atoms with Crippen molar-refractivity contribution in [2.75, 3.05) is 0 Å². The molecule has 2 aromatic rings. The van der Waals surface area contributed by atoms with Crippen molar-refractivity contribution in [1.82, 2.24) is 4.98 Å². The smallest absolute Gasteiger partial charge is 0.146 e. The summed E-state index contributed by atoms with van der Waals surface area (Å²) in [6, 6.07) is 5.60. The Kier molecular flexibility index (Phi) is 14.2. The van der Waals surface area contributed by atoms with Crippen LogP contribution in [-0.2, 0) is 11.2 Å². The van der Waals surface area contributed by atoms with Crippen molar-refractivity contribution in [3.63, 3.8) is 0 Å². The van der Waals surface area contributed by atoms with Crippen molar-refractivity contribution in [2.45, 2.75) is 60.9 Å². The Morgan fingerprint density at radius 1 is 1.18 bits per heavy atom. The Labute approximate surface area is 143 Å². The second-order valence-electron chi connectivity index (χ2n) is 3.93. The predicted molar refractivity (Wildman–Crippen MR) is 102 cm³/mol. The highest BCUT2D eigenvalue weighted by molar-refractivity contribution is 9.10. The number of carbonyl (C=O) groups excluding carboxylic acids is 1. The number of nitrogens with one attached hydrogen (secondary N) is 1. The van der Waals surface area contributed by atoms with Crippen molar-refractivity contribution in [1.29, 1.82) is 0 Å². The molecule has 0 spiro atoms. The highest BCUT2D eigenvalue weighted by Gasteiger charge is 2.12. The lowest BCUT2D eigenvalue weighted by Gasteiger charge is -2.06. The maximum Gasteiger partial charge on any atom is 0.146 e. The van der Waals surface area contributed by atoms with Gasteiger partial charge in [-0.05, 0) is 37.1 Å². The number of halogens is 1. The molecule has 0 saturated carbocycles. The van der Waals surface area contributed by atoms with Gasteiger partial charge in [-0.15, -0.1) is 0 Å². The third-order valence-electron chi connectivity index (χ3n) is 2.69. The lowest BCUT2D eigenvalue weighted by molar-refractivity contribution is -0.118. The predicted octanol–water partition coefficient (Wildman–Crippen LogP) is 5.47. The van der Waals surface area contributed by atoms with Crippen LogP contribution in [-0.4, -0.2) is 16.8 Å².